The summed E-state index contributed by atoms with van der Waals surface area (Å²) in [5.74, 6) is 0. The van der Waals surface area contributed by atoms with Gasteiger partial charge in [-0.05, 0) is 104 Å². The third-order valence-corrected chi connectivity index (χ3v) is 11.8. The van der Waals surface area contributed by atoms with Gasteiger partial charge in [-0.1, -0.05) is 188 Å². The van der Waals surface area contributed by atoms with Gasteiger partial charge in [0, 0.05) is 33.4 Å². The standard InChI is InChI=1S/C58H40N2/c1-3-13-41(14-4-1)44-27-33-50(34-28-44)59(51-35-29-45(30-36-51)42-15-5-2-6-16-42)56-21-11-9-19-53(56)47-25-23-46(24-26-47)49-32-38-55-54-20-10-12-22-57(54)60(58(55)40-49)52-37-31-43-17-7-8-18-48(43)39-52/h1-40H. The number of anilines is 3. The monoisotopic (exact) mass is 764 g/mol. The van der Waals surface area contributed by atoms with Gasteiger partial charge >= 0.3 is 0 Å². The number of para-hydroxylation sites is 2. The van der Waals surface area contributed by atoms with Crippen LogP contribution in [-0.4, -0.2) is 4.57 Å². The quantitative estimate of drug-likeness (QED) is 0.150. The largest absolute Gasteiger partial charge is 0.310 e. The summed E-state index contributed by atoms with van der Waals surface area (Å²) in [7, 11) is 0. The first-order chi connectivity index (χ1) is 29.7. The molecular weight excluding hydrogens is 725 g/mol. The highest BCUT2D eigenvalue weighted by Gasteiger charge is 2.19. The van der Waals surface area contributed by atoms with E-state index < -0.39 is 0 Å². The van der Waals surface area contributed by atoms with Crippen LogP contribution >= 0.6 is 0 Å². The van der Waals surface area contributed by atoms with Crippen molar-refractivity contribution >= 4 is 49.6 Å². The summed E-state index contributed by atoms with van der Waals surface area (Å²) >= 11 is 0. The fourth-order valence-electron chi connectivity index (χ4n) is 8.79. The molecule has 0 spiro atoms. The zero-order valence-electron chi connectivity index (χ0n) is 33.0. The van der Waals surface area contributed by atoms with Crippen LogP contribution in [0, 0.1) is 0 Å². The van der Waals surface area contributed by atoms with Crippen LogP contribution in [0.1, 0.15) is 0 Å². The van der Waals surface area contributed by atoms with E-state index in [1.54, 1.807) is 0 Å². The van der Waals surface area contributed by atoms with E-state index >= 15 is 0 Å². The second kappa shape index (κ2) is 15.1. The third-order valence-electron chi connectivity index (χ3n) is 11.8. The van der Waals surface area contributed by atoms with Crippen molar-refractivity contribution in [3.05, 3.63) is 243 Å². The van der Waals surface area contributed by atoms with Crippen molar-refractivity contribution in [2.75, 3.05) is 4.90 Å². The van der Waals surface area contributed by atoms with Gasteiger partial charge in [0.25, 0.3) is 0 Å². The lowest BCUT2D eigenvalue weighted by Gasteiger charge is -2.28. The van der Waals surface area contributed by atoms with Crippen molar-refractivity contribution in [3.63, 3.8) is 0 Å². The van der Waals surface area contributed by atoms with Crippen LogP contribution in [0.2, 0.25) is 0 Å². The summed E-state index contributed by atoms with van der Waals surface area (Å²) in [6, 6.07) is 87.8. The number of hydrogen-bond acceptors (Lipinski definition) is 1. The van der Waals surface area contributed by atoms with Crippen molar-refractivity contribution in [1.29, 1.82) is 0 Å². The Kier molecular flexibility index (Phi) is 8.87. The number of hydrogen-bond donors (Lipinski definition) is 0. The molecule has 11 rings (SSSR count). The van der Waals surface area contributed by atoms with Crippen molar-refractivity contribution < 1.29 is 0 Å². The van der Waals surface area contributed by atoms with Crippen LogP contribution in [0.4, 0.5) is 17.1 Å². The summed E-state index contributed by atoms with van der Waals surface area (Å²) < 4.78 is 2.42. The molecule has 0 N–H and O–H groups in total. The highest BCUT2D eigenvalue weighted by molar-refractivity contribution is 6.10. The lowest BCUT2D eigenvalue weighted by molar-refractivity contribution is 1.19. The van der Waals surface area contributed by atoms with Gasteiger partial charge in [0.05, 0.1) is 16.7 Å². The van der Waals surface area contributed by atoms with Gasteiger partial charge in [0.2, 0.25) is 0 Å². The Bertz CT molecular complexity index is 3190. The molecule has 2 nitrogen and oxygen atoms in total. The molecule has 0 fully saturated rings. The fraction of sp³-hybridized carbons (Fsp3) is 0. The summed E-state index contributed by atoms with van der Waals surface area (Å²) in [6.45, 7) is 0. The Labute approximate surface area is 350 Å². The van der Waals surface area contributed by atoms with E-state index in [2.05, 4.69) is 252 Å². The van der Waals surface area contributed by atoms with Crippen LogP contribution in [0.25, 0.3) is 82.8 Å². The first-order valence-corrected chi connectivity index (χ1v) is 20.6. The van der Waals surface area contributed by atoms with Crippen molar-refractivity contribution in [2.45, 2.75) is 0 Å². The molecule has 0 bridgehead atoms. The zero-order chi connectivity index (χ0) is 39.8. The summed E-state index contributed by atoms with van der Waals surface area (Å²) in [5, 5.41) is 4.99. The molecule has 0 atom stereocenters. The van der Waals surface area contributed by atoms with Gasteiger partial charge in [0.1, 0.15) is 0 Å². The molecule has 0 aliphatic carbocycles. The Balaban J connectivity index is 0.985. The van der Waals surface area contributed by atoms with E-state index in [0.717, 1.165) is 33.9 Å². The molecule has 0 aliphatic heterocycles. The SMILES string of the molecule is c1ccc(-c2ccc(N(c3ccc(-c4ccccc4)cc3)c3ccccc3-c3ccc(-c4ccc5c6ccccc6n(-c6ccc7ccccc7c6)c5c4)cc3)cc2)cc1. The Hall–Kier alpha value is -7.94. The second-order valence-electron chi connectivity index (χ2n) is 15.4. The summed E-state index contributed by atoms with van der Waals surface area (Å²) in [4.78, 5) is 2.38. The minimum atomic E-state index is 1.10. The third kappa shape index (κ3) is 6.41. The minimum Gasteiger partial charge on any atom is -0.310 e. The molecular formula is C58H40N2. The average Bonchev–Trinajstić information content (AvgIpc) is 3.66. The van der Waals surface area contributed by atoms with E-state index in [1.807, 2.05) is 0 Å². The van der Waals surface area contributed by atoms with Crippen LogP contribution in [-0.2, 0) is 0 Å². The van der Waals surface area contributed by atoms with Crippen molar-refractivity contribution in [2.24, 2.45) is 0 Å². The molecule has 0 saturated heterocycles. The molecule has 10 aromatic carbocycles. The number of rotatable bonds is 8. The van der Waals surface area contributed by atoms with Gasteiger partial charge in [-0.3, -0.25) is 0 Å². The second-order valence-corrected chi connectivity index (χ2v) is 15.4. The highest BCUT2D eigenvalue weighted by atomic mass is 15.1. The maximum Gasteiger partial charge on any atom is 0.0547 e. The molecule has 2 heteroatoms. The fourth-order valence-corrected chi connectivity index (χ4v) is 8.79. The summed E-state index contributed by atoms with van der Waals surface area (Å²) in [5.41, 5.74) is 16.4. The lowest BCUT2D eigenvalue weighted by Crippen LogP contribution is -2.11. The minimum absolute atomic E-state index is 1.10. The van der Waals surface area contributed by atoms with Crippen LogP contribution in [0.3, 0.4) is 0 Å². The van der Waals surface area contributed by atoms with E-state index in [0.29, 0.717) is 0 Å². The average molecular weight is 765 g/mol. The molecule has 0 amide bonds. The predicted molar refractivity (Wildman–Crippen MR) is 255 cm³/mol. The van der Waals surface area contributed by atoms with Crippen molar-refractivity contribution in [3.8, 4) is 50.2 Å². The van der Waals surface area contributed by atoms with Gasteiger partial charge < -0.3 is 9.47 Å². The molecule has 1 aromatic heterocycles. The van der Waals surface area contributed by atoms with Gasteiger partial charge in [0.15, 0.2) is 0 Å². The maximum absolute atomic E-state index is 2.42. The van der Waals surface area contributed by atoms with E-state index in [4.69, 9.17) is 0 Å². The van der Waals surface area contributed by atoms with Gasteiger partial charge in [-0.15, -0.1) is 0 Å². The first kappa shape index (κ1) is 35.2. The Morgan fingerprint density at radius 2 is 0.767 bits per heavy atom. The Morgan fingerprint density at radius 1 is 0.283 bits per heavy atom. The summed E-state index contributed by atoms with van der Waals surface area (Å²) in [6.07, 6.45) is 0. The molecule has 60 heavy (non-hydrogen) atoms. The molecule has 11 aromatic rings. The Morgan fingerprint density at radius 3 is 1.45 bits per heavy atom. The molecule has 0 aliphatic rings. The van der Waals surface area contributed by atoms with Crippen molar-refractivity contribution in [1.82, 2.24) is 4.57 Å². The first-order valence-electron chi connectivity index (χ1n) is 20.6. The van der Waals surface area contributed by atoms with E-state index in [1.165, 1.54) is 66.0 Å². The number of benzene rings is 10. The topological polar surface area (TPSA) is 8.17 Å². The lowest BCUT2D eigenvalue weighted by atomic mass is 9.97. The van der Waals surface area contributed by atoms with E-state index in [-0.39, 0.29) is 0 Å². The molecule has 0 saturated carbocycles. The van der Waals surface area contributed by atoms with Crippen LogP contribution in [0.15, 0.2) is 243 Å². The predicted octanol–water partition coefficient (Wildman–Crippen LogP) is 16.1. The molecule has 0 radical (unpaired) electrons. The number of nitrogens with zero attached hydrogens (tertiary/aromatic N) is 2. The van der Waals surface area contributed by atoms with E-state index in [9.17, 15) is 0 Å². The molecule has 1 heterocycles. The van der Waals surface area contributed by atoms with Gasteiger partial charge in [-0.25, -0.2) is 0 Å². The highest BCUT2D eigenvalue weighted by Crippen LogP contribution is 2.43. The smallest absolute Gasteiger partial charge is 0.0547 e. The maximum atomic E-state index is 2.42. The van der Waals surface area contributed by atoms with Crippen LogP contribution < -0.4 is 4.90 Å². The number of aromatic nitrogens is 1. The normalized spacial score (nSPS) is 11.3. The number of fused-ring (bicyclic) bond motifs is 4. The van der Waals surface area contributed by atoms with Crippen LogP contribution in [0.5, 0.6) is 0 Å². The molecule has 282 valence electrons. The molecule has 0 unspecified atom stereocenters. The van der Waals surface area contributed by atoms with Gasteiger partial charge in [-0.2, -0.15) is 0 Å². The zero-order valence-corrected chi connectivity index (χ0v) is 33.0.